The lowest BCUT2D eigenvalue weighted by atomic mass is 10.1. The van der Waals surface area contributed by atoms with Gasteiger partial charge in [0, 0.05) is 6.42 Å². The summed E-state index contributed by atoms with van der Waals surface area (Å²) in [6.07, 6.45) is 0.832. The van der Waals surface area contributed by atoms with E-state index in [-0.39, 0.29) is 25.2 Å². The predicted molar refractivity (Wildman–Crippen MR) is 64.8 cm³/mol. The molecular formula is C11H21O4P. The highest BCUT2D eigenvalue weighted by atomic mass is 31.2. The van der Waals surface area contributed by atoms with Gasteiger partial charge in [0.1, 0.15) is 11.9 Å². The number of rotatable bonds is 9. The minimum Gasteiger partial charge on any atom is -0.309 e. The Labute approximate surface area is 97.6 Å². The Kier molecular flexibility index (Phi) is 7.56. The van der Waals surface area contributed by atoms with Crippen molar-refractivity contribution in [3.8, 4) is 0 Å². The predicted octanol–water partition coefficient (Wildman–Crippen LogP) is 3.18. The van der Waals surface area contributed by atoms with Crippen molar-refractivity contribution in [2.24, 2.45) is 0 Å². The van der Waals surface area contributed by atoms with Crippen LogP contribution in [0.2, 0.25) is 0 Å². The van der Waals surface area contributed by atoms with Gasteiger partial charge >= 0.3 is 7.60 Å². The van der Waals surface area contributed by atoms with Gasteiger partial charge in [-0.2, -0.15) is 0 Å². The molecule has 4 nitrogen and oxygen atoms in total. The molecule has 0 aromatic heterocycles. The lowest BCUT2D eigenvalue weighted by Crippen LogP contribution is -2.09. The van der Waals surface area contributed by atoms with Crippen LogP contribution in [0.4, 0.5) is 0 Å². The maximum atomic E-state index is 12.0. The van der Waals surface area contributed by atoms with Crippen LogP contribution in [0.25, 0.3) is 0 Å². The summed E-state index contributed by atoms with van der Waals surface area (Å²) in [5, 5.41) is 0. The third-order valence-electron chi connectivity index (χ3n) is 1.85. The lowest BCUT2D eigenvalue weighted by molar-refractivity contribution is -0.116. The van der Waals surface area contributed by atoms with Gasteiger partial charge in [-0.25, -0.2) is 0 Å². The quantitative estimate of drug-likeness (QED) is 0.464. The van der Waals surface area contributed by atoms with E-state index in [1.54, 1.807) is 13.8 Å². The SMILES string of the molecule is C=C(C)CCC(=O)CP(=O)(OCC)OCC. The first kappa shape index (κ1) is 15.6. The molecule has 0 rings (SSSR count). The molecule has 5 heteroatoms. The van der Waals surface area contributed by atoms with E-state index < -0.39 is 7.60 Å². The van der Waals surface area contributed by atoms with E-state index in [1.807, 2.05) is 6.92 Å². The molecule has 0 fully saturated rings. The number of Topliss-reactive ketones (excluding diaryl/α,β-unsaturated/α-hetero) is 1. The molecule has 16 heavy (non-hydrogen) atoms. The molecule has 0 aromatic rings. The molecule has 0 saturated heterocycles. The summed E-state index contributed by atoms with van der Waals surface area (Å²) in [7, 11) is -3.21. The highest BCUT2D eigenvalue weighted by Crippen LogP contribution is 2.48. The highest BCUT2D eigenvalue weighted by Gasteiger charge is 2.26. The first-order valence-electron chi connectivity index (χ1n) is 5.47. The molecule has 0 bridgehead atoms. The van der Waals surface area contributed by atoms with Crippen LogP contribution < -0.4 is 0 Å². The molecule has 0 saturated carbocycles. The van der Waals surface area contributed by atoms with Gasteiger partial charge < -0.3 is 9.05 Å². The Morgan fingerprint density at radius 3 is 2.06 bits per heavy atom. The first-order chi connectivity index (χ1) is 7.43. The van der Waals surface area contributed by atoms with E-state index in [0.717, 1.165) is 5.57 Å². The fourth-order valence-electron chi connectivity index (χ4n) is 1.17. The topological polar surface area (TPSA) is 52.6 Å². The molecular weight excluding hydrogens is 227 g/mol. The van der Waals surface area contributed by atoms with Gasteiger partial charge in [0.25, 0.3) is 0 Å². The maximum Gasteiger partial charge on any atom is 0.338 e. The number of hydrogen-bond donors (Lipinski definition) is 0. The Morgan fingerprint density at radius 2 is 1.69 bits per heavy atom. The van der Waals surface area contributed by atoms with Gasteiger partial charge in [0.2, 0.25) is 0 Å². The fraction of sp³-hybridized carbons (Fsp3) is 0.727. The average molecular weight is 248 g/mol. The van der Waals surface area contributed by atoms with Crippen molar-refractivity contribution in [2.45, 2.75) is 33.6 Å². The van der Waals surface area contributed by atoms with Crippen LogP contribution in [0.3, 0.4) is 0 Å². The van der Waals surface area contributed by atoms with Crippen molar-refractivity contribution in [1.82, 2.24) is 0 Å². The normalized spacial score (nSPS) is 11.4. The zero-order chi connectivity index (χ0) is 12.6. The zero-order valence-corrected chi connectivity index (χ0v) is 11.2. The second-order valence-corrected chi connectivity index (χ2v) is 5.65. The third-order valence-corrected chi connectivity index (χ3v) is 3.90. The highest BCUT2D eigenvalue weighted by molar-refractivity contribution is 7.54. The Morgan fingerprint density at radius 1 is 1.19 bits per heavy atom. The second-order valence-electron chi connectivity index (χ2n) is 3.60. The second kappa shape index (κ2) is 7.77. The molecule has 0 heterocycles. The van der Waals surface area contributed by atoms with Crippen LogP contribution >= 0.6 is 7.60 Å². The fourth-order valence-corrected chi connectivity index (χ4v) is 2.80. The number of allylic oxidation sites excluding steroid dienone is 1. The number of ketones is 1. The van der Waals surface area contributed by atoms with Gasteiger partial charge in [0.15, 0.2) is 0 Å². The van der Waals surface area contributed by atoms with Crippen molar-refractivity contribution >= 4 is 13.4 Å². The van der Waals surface area contributed by atoms with Crippen LogP contribution in [0.1, 0.15) is 33.6 Å². The van der Waals surface area contributed by atoms with Crippen LogP contribution in [0.15, 0.2) is 12.2 Å². The van der Waals surface area contributed by atoms with Crippen LogP contribution in [-0.4, -0.2) is 25.2 Å². The first-order valence-corrected chi connectivity index (χ1v) is 7.20. The van der Waals surface area contributed by atoms with Crippen molar-refractivity contribution in [2.75, 3.05) is 19.4 Å². The van der Waals surface area contributed by atoms with E-state index >= 15 is 0 Å². The van der Waals surface area contributed by atoms with Gasteiger partial charge in [-0.1, -0.05) is 5.57 Å². The summed E-state index contributed by atoms with van der Waals surface area (Å²) in [5.74, 6) is -0.103. The third kappa shape index (κ3) is 6.94. The minimum atomic E-state index is -3.21. The molecule has 0 unspecified atom stereocenters. The molecule has 0 N–H and O–H groups in total. The van der Waals surface area contributed by atoms with Crippen LogP contribution in [-0.2, 0) is 18.4 Å². The molecule has 0 atom stereocenters. The molecule has 94 valence electrons. The number of hydrogen-bond acceptors (Lipinski definition) is 4. The maximum absolute atomic E-state index is 12.0. The van der Waals surface area contributed by atoms with E-state index in [4.69, 9.17) is 9.05 Å². The monoisotopic (exact) mass is 248 g/mol. The van der Waals surface area contributed by atoms with Crippen molar-refractivity contribution in [3.05, 3.63) is 12.2 Å². The summed E-state index contributed by atoms with van der Waals surface area (Å²) in [5.41, 5.74) is 0.941. The summed E-state index contributed by atoms with van der Waals surface area (Å²) in [6.45, 7) is 9.59. The van der Waals surface area contributed by atoms with Crippen molar-refractivity contribution in [1.29, 1.82) is 0 Å². The van der Waals surface area contributed by atoms with Crippen LogP contribution in [0, 0.1) is 0 Å². The summed E-state index contributed by atoms with van der Waals surface area (Å²) in [6, 6.07) is 0. The average Bonchev–Trinajstić information content (AvgIpc) is 2.15. The Hall–Kier alpha value is -0.440. The number of carbonyl (C=O) groups is 1. The molecule has 0 aliphatic carbocycles. The summed E-state index contributed by atoms with van der Waals surface area (Å²) in [4.78, 5) is 11.5. The minimum absolute atomic E-state index is 0.103. The molecule has 0 spiro atoms. The van der Waals surface area contributed by atoms with Gasteiger partial charge in [-0.15, -0.1) is 6.58 Å². The smallest absolute Gasteiger partial charge is 0.309 e. The lowest BCUT2D eigenvalue weighted by Gasteiger charge is -2.15. The van der Waals surface area contributed by atoms with E-state index in [0.29, 0.717) is 12.8 Å². The van der Waals surface area contributed by atoms with Crippen molar-refractivity contribution < 1.29 is 18.4 Å². The van der Waals surface area contributed by atoms with Crippen LogP contribution in [0.5, 0.6) is 0 Å². The standard InChI is InChI=1S/C11H21O4P/c1-5-14-16(13,15-6-2)9-11(12)8-7-10(3)4/h3,5-9H2,1-2,4H3. The van der Waals surface area contributed by atoms with E-state index in [9.17, 15) is 9.36 Å². The molecule has 0 aromatic carbocycles. The van der Waals surface area contributed by atoms with Crippen molar-refractivity contribution in [3.63, 3.8) is 0 Å². The van der Waals surface area contributed by atoms with Gasteiger partial charge in [-0.3, -0.25) is 9.36 Å². The zero-order valence-electron chi connectivity index (χ0n) is 10.3. The van der Waals surface area contributed by atoms with E-state index in [1.165, 1.54) is 0 Å². The molecule has 0 aliphatic rings. The van der Waals surface area contributed by atoms with Gasteiger partial charge in [0.05, 0.1) is 13.2 Å². The largest absolute Gasteiger partial charge is 0.338 e. The summed E-state index contributed by atoms with van der Waals surface area (Å²) >= 11 is 0. The van der Waals surface area contributed by atoms with Gasteiger partial charge in [-0.05, 0) is 27.2 Å². The molecule has 0 radical (unpaired) electrons. The Bertz CT molecular complexity index is 276. The molecule has 0 amide bonds. The number of carbonyl (C=O) groups excluding carboxylic acids is 1. The molecule has 0 aliphatic heterocycles. The Balaban J connectivity index is 4.23. The van der Waals surface area contributed by atoms with E-state index in [2.05, 4.69) is 6.58 Å². The summed E-state index contributed by atoms with van der Waals surface area (Å²) < 4.78 is 22.1.